The summed E-state index contributed by atoms with van der Waals surface area (Å²) in [6.07, 6.45) is -2.23. The van der Waals surface area contributed by atoms with E-state index in [1.54, 1.807) is 0 Å². The van der Waals surface area contributed by atoms with Gasteiger partial charge >= 0.3 is 18.3 Å². The predicted octanol–water partition coefficient (Wildman–Crippen LogP) is 3.11. The van der Waals surface area contributed by atoms with E-state index in [1.165, 1.54) is 11.1 Å². The smallest absolute Gasteiger partial charge is 0.475 e. The molecule has 1 aromatic rings. The molecule has 1 atom stereocenters. The van der Waals surface area contributed by atoms with E-state index >= 15 is 0 Å². The number of nitrogen functional groups attached to an aromatic ring is 1. The molecule has 1 aromatic heterocycles. The fourth-order valence-electron chi connectivity index (χ4n) is 3.84. The number of aliphatic carboxylic acids is 1. The number of carboxylic acid groups (broad SMARTS) is 1. The standard InChI is InChI=1S/C17H24F3N5O.C2HF3O2/c18-17(19,20)10-25-7-3-6-12(25)8-23-16(26)13-9-22-15(24-14(13)21)11-4-1-2-5-11;3-2(4,5)1(6)7/h9,11-12H,1-8,10H2,(H,23,26)(H2,21,22,24);(H,6,7). The fourth-order valence-corrected chi connectivity index (χ4v) is 3.84. The third-order valence-corrected chi connectivity index (χ3v) is 5.42. The topological polar surface area (TPSA) is 121 Å². The predicted molar refractivity (Wildman–Crippen MR) is 104 cm³/mol. The minimum atomic E-state index is -5.08. The number of nitrogens with one attached hydrogen (secondary N) is 1. The SMILES string of the molecule is Nc1nc(C2CCCC2)ncc1C(=O)NCC1CCCN1CC(F)(F)F.O=C(O)C(F)(F)F. The molecule has 33 heavy (non-hydrogen) atoms. The lowest BCUT2D eigenvalue weighted by molar-refractivity contribution is -0.192. The Balaban J connectivity index is 0.000000479. The van der Waals surface area contributed by atoms with E-state index in [4.69, 9.17) is 15.6 Å². The van der Waals surface area contributed by atoms with Crippen LogP contribution in [0.1, 0.15) is 60.6 Å². The summed E-state index contributed by atoms with van der Waals surface area (Å²) in [6.45, 7) is -0.408. The molecular weight excluding hydrogens is 460 g/mol. The number of aromatic nitrogens is 2. The van der Waals surface area contributed by atoms with E-state index < -0.39 is 30.8 Å². The van der Waals surface area contributed by atoms with Crippen LogP contribution in [0, 0.1) is 0 Å². The Morgan fingerprint density at radius 2 is 1.73 bits per heavy atom. The van der Waals surface area contributed by atoms with Gasteiger partial charge in [0.05, 0.1) is 12.1 Å². The lowest BCUT2D eigenvalue weighted by atomic mass is 10.1. The zero-order valence-electron chi connectivity index (χ0n) is 17.5. The van der Waals surface area contributed by atoms with Gasteiger partial charge in [-0.25, -0.2) is 14.8 Å². The number of likely N-dealkylation sites (tertiary alicyclic amines) is 1. The highest BCUT2D eigenvalue weighted by Crippen LogP contribution is 2.32. The molecule has 1 unspecified atom stereocenters. The second kappa shape index (κ2) is 11.0. The molecule has 1 saturated heterocycles. The molecular formula is C19H25F6N5O3. The zero-order valence-corrected chi connectivity index (χ0v) is 17.5. The zero-order chi connectivity index (χ0) is 24.8. The number of alkyl halides is 6. The number of carbonyl (C=O) groups is 2. The van der Waals surface area contributed by atoms with Gasteiger partial charge < -0.3 is 16.2 Å². The molecule has 0 spiro atoms. The highest BCUT2D eigenvalue weighted by molar-refractivity contribution is 5.97. The first-order valence-corrected chi connectivity index (χ1v) is 10.3. The first-order valence-electron chi connectivity index (χ1n) is 10.3. The van der Waals surface area contributed by atoms with Crippen molar-refractivity contribution in [3.8, 4) is 0 Å². The van der Waals surface area contributed by atoms with Gasteiger partial charge in [0.1, 0.15) is 11.6 Å². The van der Waals surface area contributed by atoms with Crippen LogP contribution in [0.15, 0.2) is 6.20 Å². The molecule has 14 heteroatoms. The average molecular weight is 485 g/mol. The van der Waals surface area contributed by atoms with Gasteiger partial charge in [-0.3, -0.25) is 9.69 Å². The second-order valence-electron chi connectivity index (χ2n) is 7.90. The summed E-state index contributed by atoms with van der Waals surface area (Å²) in [5, 5.41) is 9.80. The molecule has 8 nitrogen and oxygen atoms in total. The number of rotatable bonds is 5. The summed E-state index contributed by atoms with van der Waals surface area (Å²) < 4.78 is 69.5. The third-order valence-electron chi connectivity index (χ3n) is 5.42. The van der Waals surface area contributed by atoms with Crippen molar-refractivity contribution < 1.29 is 41.0 Å². The molecule has 1 amide bonds. The maximum atomic E-state index is 12.6. The number of hydrogen-bond acceptors (Lipinski definition) is 6. The number of carbonyl (C=O) groups excluding carboxylic acids is 1. The van der Waals surface area contributed by atoms with Crippen molar-refractivity contribution in [1.29, 1.82) is 0 Å². The normalized spacial score (nSPS) is 19.8. The van der Waals surface area contributed by atoms with Crippen LogP contribution in [0.3, 0.4) is 0 Å². The Hall–Kier alpha value is -2.64. The van der Waals surface area contributed by atoms with Gasteiger partial charge in [-0.1, -0.05) is 12.8 Å². The third kappa shape index (κ3) is 8.33. The van der Waals surface area contributed by atoms with E-state index in [0.717, 1.165) is 25.7 Å². The minimum Gasteiger partial charge on any atom is -0.475 e. The first-order chi connectivity index (χ1) is 15.3. The minimum absolute atomic E-state index is 0.123. The Morgan fingerprint density at radius 1 is 1.12 bits per heavy atom. The number of anilines is 1. The number of carboxylic acids is 1. The average Bonchev–Trinajstić information content (AvgIpc) is 3.36. The molecule has 0 bridgehead atoms. The Kier molecular flexibility index (Phi) is 8.86. The quantitative estimate of drug-likeness (QED) is 0.548. The highest BCUT2D eigenvalue weighted by atomic mass is 19.4. The van der Waals surface area contributed by atoms with Gasteiger partial charge in [0.25, 0.3) is 5.91 Å². The maximum Gasteiger partial charge on any atom is 0.490 e. The van der Waals surface area contributed by atoms with Crippen LogP contribution in [0.2, 0.25) is 0 Å². The fraction of sp³-hybridized carbons (Fsp3) is 0.684. The maximum absolute atomic E-state index is 12.6. The van der Waals surface area contributed by atoms with Gasteiger partial charge in [0.2, 0.25) is 0 Å². The van der Waals surface area contributed by atoms with Gasteiger partial charge in [0, 0.05) is 24.7 Å². The molecule has 0 aromatic carbocycles. The van der Waals surface area contributed by atoms with Crippen LogP contribution >= 0.6 is 0 Å². The van der Waals surface area contributed by atoms with Crippen molar-refractivity contribution in [2.75, 3.05) is 25.4 Å². The monoisotopic (exact) mass is 485 g/mol. The Labute approximate surface area is 185 Å². The number of amides is 1. The number of nitrogens with zero attached hydrogens (tertiary/aromatic N) is 3. The highest BCUT2D eigenvalue weighted by Gasteiger charge is 2.38. The van der Waals surface area contributed by atoms with Crippen LogP contribution in [0.5, 0.6) is 0 Å². The van der Waals surface area contributed by atoms with Crippen molar-refractivity contribution in [2.24, 2.45) is 0 Å². The van der Waals surface area contributed by atoms with Crippen LogP contribution in [0.4, 0.5) is 32.2 Å². The molecule has 2 heterocycles. The molecule has 1 aliphatic heterocycles. The van der Waals surface area contributed by atoms with Crippen molar-refractivity contribution >= 4 is 17.7 Å². The van der Waals surface area contributed by atoms with Gasteiger partial charge in [0.15, 0.2) is 0 Å². The van der Waals surface area contributed by atoms with Crippen LogP contribution < -0.4 is 11.1 Å². The molecule has 1 saturated carbocycles. The summed E-state index contributed by atoms with van der Waals surface area (Å²) in [7, 11) is 0. The van der Waals surface area contributed by atoms with Crippen molar-refractivity contribution in [3.63, 3.8) is 0 Å². The molecule has 2 aliphatic rings. The van der Waals surface area contributed by atoms with Crippen molar-refractivity contribution in [3.05, 3.63) is 17.6 Å². The lowest BCUT2D eigenvalue weighted by Crippen LogP contribution is -2.44. The summed E-state index contributed by atoms with van der Waals surface area (Å²) in [5.41, 5.74) is 6.09. The number of nitrogens with two attached hydrogens (primary N) is 1. The lowest BCUT2D eigenvalue weighted by Gasteiger charge is -2.25. The van der Waals surface area contributed by atoms with Crippen LogP contribution in [-0.2, 0) is 4.79 Å². The summed E-state index contributed by atoms with van der Waals surface area (Å²) in [4.78, 5) is 31.1. The number of halogens is 6. The second-order valence-corrected chi connectivity index (χ2v) is 7.90. The molecule has 2 fully saturated rings. The van der Waals surface area contributed by atoms with Crippen LogP contribution in [0.25, 0.3) is 0 Å². The molecule has 1 aliphatic carbocycles. The molecule has 186 valence electrons. The van der Waals surface area contributed by atoms with E-state index in [0.29, 0.717) is 31.1 Å². The van der Waals surface area contributed by atoms with Gasteiger partial charge in [-0.05, 0) is 32.2 Å². The molecule has 4 N–H and O–H groups in total. The summed E-state index contributed by atoms with van der Waals surface area (Å²) in [5.74, 6) is -2.11. The van der Waals surface area contributed by atoms with Crippen molar-refractivity contribution in [2.45, 2.75) is 62.8 Å². The van der Waals surface area contributed by atoms with E-state index in [2.05, 4.69) is 15.3 Å². The Bertz CT molecular complexity index is 827. The number of hydrogen-bond donors (Lipinski definition) is 3. The van der Waals surface area contributed by atoms with E-state index in [1.807, 2.05) is 0 Å². The molecule has 3 rings (SSSR count). The van der Waals surface area contributed by atoms with Gasteiger partial charge in [-0.2, -0.15) is 26.3 Å². The first kappa shape index (κ1) is 26.6. The largest absolute Gasteiger partial charge is 0.490 e. The van der Waals surface area contributed by atoms with Gasteiger partial charge in [-0.15, -0.1) is 0 Å². The van der Waals surface area contributed by atoms with Crippen molar-refractivity contribution in [1.82, 2.24) is 20.2 Å². The van der Waals surface area contributed by atoms with E-state index in [9.17, 15) is 31.1 Å². The summed E-state index contributed by atoms with van der Waals surface area (Å²) >= 11 is 0. The van der Waals surface area contributed by atoms with E-state index in [-0.39, 0.29) is 24.0 Å². The molecule has 0 radical (unpaired) electrons. The van der Waals surface area contributed by atoms with Crippen LogP contribution in [-0.4, -0.2) is 69.9 Å². The Morgan fingerprint density at radius 3 is 2.24 bits per heavy atom. The summed E-state index contributed by atoms with van der Waals surface area (Å²) in [6, 6.07) is -0.319.